The number of nitrogens with zero attached hydrogens (tertiary/aromatic N) is 1. The SMILES string of the molecule is CN(C)C(=N)c1ccc(C(=O)O)cc1.Cl. The highest BCUT2D eigenvalue weighted by atomic mass is 35.5. The van der Waals surface area contributed by atoms with Gasteiger partial charge in [0.1, 0.15) is 5.84 Å². The van der Waals surface area contributed by atoms with Crippen molar-refractivity contribution in [3.8, 4) is 0 Å². The Bertz CT molecular complexity index is 360. The molecule has 5 heteroatoms. The molecule has 0 amide bonds. The molecular formula is C10H13ClN2O2. The maximum Gasteiger partial charge on any atom is 0.335 e. The predicted octanol–water partition coefficient (Wildman–Crippen LogP) is 1.69. The maximum atomic E-state index is 10.6. The van der Waals surface area contributed by atoms with Crippen molar-refractivity contribution >= 4 is 24.2 Å². The summed E-state index contributed by atoms with van der Waals surface area (Å²) in [6.45, 7) is 0. The third-order valence-electron chi connectivity index (χ3n) is 1.85. The topological polar surface area (TPSA) is 64.4 Å². The van der Waals surface area contributed by atoms with Gasteiger partial charge < -0.3 is 10.0 Å². The lowest BCUT2D eigenvalue weighted by atomic mass is 10.1. The fourth-order valence-electron chi connectivity index (χ4n) is 1.03. The first-order chi connectivity index (χ1) is 6.52. The fraction of sp³-hybridized carbons (Fsp3) is 0.200. The number of benzene rings is 1. The summed E-state index contributed by atoms with van der Waals surface area (Å²) < 4.78 is 0. The Morgan fingerprint density at radius 1 is 1.20 bits per heavy atom. The Balaban J connectivity index is 0.00000196. The molecule has 0 spiro atoms. The molecule has 0 atom stereocenters. The van der Waals surface area contributed by atoms with Gasteiger partial charge in [0.2, 0.25) is 0 Å². The Hall–Kier alpha value is -1.55. The summed E-state index contributed by atoms with van der Waals surface area (Å²) in [5, 5.41) is 16.3. The molecule has 0 unspecified atom stereocenters. The van der Waals surface area contributed by atoms with Crippen LogP contribution in [0, 0.1) is 5.41 Å². The molecule has 0 radical (unpaired) electrons. The van der Waals surface area contributed by atoms with Crippen LogP contribution in [0.3, 0.4) is 0 Å². The Morgan fingerprint density at radius 2 is 1.60 bits per heavy atom. The molecule has 0 heterocycles. The normalized spacial score (nSPS) is 8.93. The summed E-state index contributed by atoms with van der Waals surface area (Å²) in [6, 6.07) is 6.25. The minimum atomic E-state index is -0.951. The van der Waals surface area contributed by atoms with Crippen LogP contribution in [0.1, 0.15) is 15.9 Å². The Kier molecular flexibility index (Phi) is 4.81. The van der Waals surface area contributed by atoms with Crippen molar-refractivity contribution in [1.29, 1.82) is 5.41 Å². The summed E-state index contributed by atoms with van der Waals surface area (Å²) in [4.78, 5) is 12.2. The molecule has 0 fully saturated rings. The van der Waals surface area contributed by atoms with Gasteiger partial charge in [-0.2, -0.15) is 0 Å². The van der Waals surface area contributed by atoms with Crippen molar-refractivity contribution in [1.82, 2.24) is 4.90 Å². The van der Waals surface area contributed by atoms with Gasteiger partial charge in [-0.1, -0.05) is 12.1 Å². The quantitative estimate of drug-likeness (QED) is 0.598. The van der Waals surface area contributed by atoms with Crippen LogP contribution < -0.4 is 0 Å². The zero-order chi connectivity index (χ0) is 10.7. The molecular weight excluding hydrogens is 216 g/mol. The molecule has 0 aliphatic carbocycles. The molecule has 0 aliphatic rings. The minimum Gasteiger partial charge on any atom is -0.478 e. The van der Waals surface area contributed by atoms with E-state index in [0.29, 0.717) is 11.4 Å². The molecule has 0 aliphatic heterocycles. The van der Waals surface area contributed by atoms with Crippen LogP contribution in [0.2, 0.25) is 0 Å². The second kappa shape index (κ2) is 5.36. The van der Waals surface area contributed by atoms with E-state index in [-0.39, 0.29) is 18.0 Å². The number of hydrogen-bond donors (Lipinski definition) is 2. The Labute approximate surface area is 94.4 Å². The second-order valence-electron chi connectivity index (χ2n) is 3.13. The van der Waals surface area contributed by atoms with Gasteiger partial charge in [-0.05, 0) is 12.1 Å². The average Bonchev–Trinajstić information content (AvgIpc) is 2.16. The number of carboxylic acids is 1. The van der Waals surface area contributed by atoms with Crippen LogP contribution in [-0.2, 0) is 0 Å². The highest BCUT2D eigenvalue weighted by Crippen LogP contribution is 2.06. The van der Waals surface area contributed by atoms with E-state index < -0.39 is 5.97 Å². The van der Waals surface area contributed by atoms with E-state index in [0.717, 1.165) is 0 Å². The molecule has 0 bridgehead atoms. The third-order valence-corrected chi connectivity index (χ3v) is 1.85. The first kappa shape index (κ1) is 13.4. The lowest BCUT2D eigenvalue weighted by molar-refractivity contribution is 0.0697. The maximum absolute atomic E-state index is 10.6. The summed E-state index contributed by atoms with van der Waals surface area (Å²) >= 11 is 0. The fourth-order valence-corrected chi connectivity index (χ4v) is 1.03. The molecule has 1 rings (SSSR count). The predicted molar refractivity (Wildman–Crippen MR) is 61.2 cm³/mol. The number of rotatable bonds is 2. The highest BCUT2D eigenvalue weighted by molar-refractivity contribution is 5.97. The average molecular weight is 229 g/mol. The van der Waals surface area contributed by atoms with Crippen molar-refractivity contribution in [2.24, 2.45) is 0 Å². The first-order valence-electron chi connectivity index (χ1n) is 4.12. The number of aromatic carboxylic acids is 1. The van der Waals surface area contributed by atoms with Gasteiger partial charge in [0.25, 0.3) is 0 Å². The van der Waals surface area contributed by atoms with Crippen LogP contribution in [0.4, 0.5) is 0 Å². The third kappa shape index (κ3) is 3.25. The molecule has 82 valence electrons. The lowest BCUT2D eigenvalue weighted by Crippen LogP contribution is -2.21. The highest BCUT2D eigenvalue weighted by Gasteiger charge is 2.05. The van der Waals surface area contributed by atoms with Crippen LogP contribution in [-0.4, -0.2) is 35.9 Å². The summed E-state index contributed by atoms with van der Waals surface area (Å²) in [5.74, 6) is -0.588. The van der Waals surface area contributed by atoms with Crippen LogP contribution >= 0.6 is 12.4 Å². The van der Waals surface area contributed by atoms with E-state index in [1.807, 2.05) is 0 Å². The molecule has 1 aromatic carbocycles. The Morgan fingerprint density at radius 3 is 1.93 bits per heavy atom. The van der Waals surface area contributed by atoms with Gasteiger partial charge in [0, 0.05) is 19.7 Å². The molecule has 0 aromatic heterocycles. The number of carboxylic acid groups (broad SMARTS) is 1. The van der Waals surface area contributed by atoms with E-state index in [9.17, 15) is 4.79 Å². The smallest absolute Gasteiger partial charge is 0.335 e. The van der Waals surface area contributed by atoms with Gasteiger partial charge in [-0.3, -0.25) is 5.41 Å². The van der Waals surface area contributed by atoms with E-state index >= 15 is 0 Å². The van der Waals surface area contributed by atoms with Crippen LogP contribution in [0.5, 0.6) is 0 Å². The van der Waals surface area contributed by atoms with E-state index in [4.69, 9.17) is 10.5 Å². The van der Waals surface area contributed by atoms with Crippen LogP contribution in [0.15, 0.2) is 24.3 Å². The summed E-state index contributed by atoms with van der Waals surface area (Å²) in [5.41, 5.74) is 0.945. The summed E-state index contributed by atoms with van der Waals surface area (Å²) in [6.07, 6.45) is 0. The molecule has 15 heavy (non-hydrogen) atoms. The van der Waals surface area contributed by atoms with Gasteiger partial charge in [0.05, 0.1) is 5.56 Å². The van der Waals surface area contributed by atoms with E-state index in [1.165, 1.54) is 12.1 Å². The molecule has 1 aromatic rings. The number of hydrogen-bond acceptors (Lipinski definition) is 2. The van der Waals surface area contributed by atoms with E-state index in [1.54, 1.807) is 31.1 Å². The van der Waals surface area contributed by atoms with Crippen molar-refractivity contribution in [3.63, 3.8) is 0 Å². The molecule has 0 saturated carbocycles. The van der Waals surface area contributed by atoms with Gasteiger partial charge >= 0.3 is 5.97 Å². The van der Waals surface area contributed by atoms with Gasteiger partial charge in [-0.25, -0.2) is 4.79 Å². The second-order valence-corrected chi connectivity index (χ2v) is 3.13. The molecule has 4 nitrogen and oxygen atoms in total. The zero-order valence-electron chi connectivity index (χ0n) is 8.52. The number of nitrogens with one attached hydrogen (secondary N) is 1. The first-order valence-corrected chi connectivity index (χ1v) is 4.12. The number of amidine groups is 1. The van der Waals surface area contributed by atoms with Crippen molar-refractivity contribution in [3.05, 3.63) is 35.4 Å². The largest absolute Gasteiger partial charge is 0.478 e. The summed E-state index contributed by atoms with van der Waals surface area (Å²) in [7, 11) is 3.54. The lowest BCUT2D eigenvalue weighted by Gasteiger charge is -2.13. The molecule has 2 N–H and O–H groups in total. The molecule has 0 saturated heterocycles. The van der Waals surface area contributed by atoms with Crippen LogP contribution in [0.25, 0.3) is 0 Å². The number of carbonyl (C=O) groups is 1. The van der Waals surface area contributed by atoms with Gasteiger partial charge in [-0.15, -0.1) is 12.4 Å². The van der Waals surface area contributed by atoms with Gasteiger partial charge in [0.15, 0.2) is 0 Å². The van der Waals surface area contributed by atoms with E-state index in [2.05, 4.69) is 0 Å². The monoisotopic (exact) mass is 228 g/mol. The van der Waals surface area contributed by atoms with Crippen molar-refractivity contribution in [2.45, 2.75) is 0 Å². The van der Waals surface area contributed by atoms with Crippen molar-refractivity contribution < 1.29 is 9.90 Å². The minimum absolute atomic E-state index is 0. The zero-order valence-corrected chi connectivity index (χ0v) is 9.34. The number of halogens is 1. The standard InChI is InChI=1S/C10H12N2O2.ClH/c1-12(2)9(11)7-3-5-8(6-4-7)10(13)14;/h3-6,11H,1-2H3,(H,13,14);1H. The van der Waals surface area contributed by atoms with Crippen molar-refractivity contribution in [2.75, 3.05) is 14.1 Å².